The van der Waals surface area contributed by atoms with Crippen molar-refractivity contribution in [2.75, 3.05) is 13.1 Å². The lowest BCUT2D eigenvalue weighted by Gasteiger charge is -2.32. The Balaban J connectivity index is 1.60. The standard InChI is InChI=1S/C20H28N2O3/c23-19-15-6-5-7-17(15)22(12-4-2-1-3-11-21-19)20(24)16-10-13-25-18(16)14-8-9-14/h10,13-15,17H,1-9,11-12H2,(H,21,23). The number of hydrogen-bond acceptors (Lipinski definition) is 3. The summed E-state index contributed by atoms with van der Waals surface area (Å²) >= 11 is 0. The van der Waals surface area contributed by atoms with Gasteiger partial charge in [0.2, 0.25) is 5.91 Å². The minimum Gasteiger partial charge on any atom is -0.468 e. The van der Waals surface area contributed by atoms with E-state index in [1.165, 1.54) is 0 Å². The summed E-state index contributed by atoms with van der Waals surface area (Å²) in [5, 5.41) is 3.09. The van der Waals surface area contributed by atoms with Gasteiger partial charge in [-0.15, -0.1) is 0 Å². The van der Waals surface area contributed by atoms with E-state index in [4.69, 9.17) is 4.42 Å². The van der Waals surface area contributed by atoms with Gasteiger partial charge in [-0.1, -0.05) is 19.3 Å². The molecule has 2 aliphatic carbocycles. The number of nitrogens with zero attached hydrogens (tertiary/aromatic N) is 1. The molecule has 2 heterocycles. The lowest BCUT2D eigenvalue weighted by molar-refractivity contribution is -0.126. The van der Waals surface area contributed by atoms with Crippen LogP contribution in [-0.4, -0.2) is 35.8 Å². The van der Waals surface area contributed by atoms with Gasteiger partial charge in [0.25, 0.3) is 5.91 Å². The number of rotatable bonds is 2. The first-order valence-corrected chi connectivity index (χ1v) is 9.92. The van der Waals surface area contributed by atoms with Crippen LogP contribution in [0.25, 0.3) is 0 Å². The fourth-order valence-electron chi connectivity index (χ4n) is 4.45. The molecule has 2 amide bonds. The van der Waals surface area contributed by atoms with Crippen LogP contribution in [0.15, 0.2) is 16.7 Å². The van der Waals surface area contributed by atoms with Gasteiger partial charge in [0, 0.05) is 25.0 Å². The van der Waals surface area contributed by atoms with Crippen molar-refractivity contribution in [2.45, 2.75) is 69.7 Å². The van der Waals surface area contributed by atoms with Crippen molar-refractivity contribution in [3.05, 3.63) is 23.7 Å². The number of hydrogen-bond donors (Lipinski definition) is 1. The molecule has 5 heteroatoms. The van der Waals surface area contributed by atoms with Gasteiger partial charge >= 0.3 is 0 Å². The molecular formula is C20H28N2O3. The van der Waals surface area contributed by atoms with E-state index < -0.39 is 0 Å². The first-order chi connectivity index (χ1) is 12.3. The number of carbonyl (C=O) groups excluding carboxylic acids is 2. The Hall–Kier alpha value is -1.78. The topological polar surface area (TPSA) is 62.6 Å². The van der Waals surface area contributed by atoms with Gasteiger partial charge in [-0.25, -0.2) is 0 Å². The van der Waals surface area contributed by atoms with E-state index in [0.29, 0.717) is 5.92 Å². The molecule has 25 heavy (non-hydrogen) atoms. The third-order valence-corrected chi connectivity index (χ3v) is 5.98. The quantitative estimate of drug-likeness (QED) is 0.894. The Morgan fingerprint density at radius 3 is 2.76 bits per heavy atom. The lowest BCUT2D eigenvalue weighted by Crippen LogP contribution is -2.47. The zero-order valence-corrected chi connectivity index (χ0v) is 14.8. The van der Waals surface area contributed by atoms with Crippen molar-refractivity contribution in [1.82, 2.24) is 10.2 Å². The zero-order chi connectivity index (χ0) is 17.2. The molecule has 3 fully saturated rings. The number of furan rings is 1. The Morgan fingerprint density at radius 1 is 1.08 bits per heavy atom. The second kappa shape index (κ2) is 7.22. The summed E-state index contributed by atoms with van der Waals surface area (Å²) in [5.74, 6) is 1.42. The van der Waals surface area contributed by atoms with Gasteiger partial charge in [0.1, 0.15) is 5.76 Å². The molecule has 2 saturated carbocycles. The fourth-order valence-corrected chi connectivity index (χ4v) is 4.45. The van der Waals surface area contributed by atoms with Crippen molar-refractivity contribution < 1.29 is 14.0 Å². The smallest absolute Gasteiger partial charge is 0.257 e. The molecule has 1 aliphatic heterocycles. The Labute approximate surface area is 149 Å². The van der Waals surface area contributed by atoms with E-state index in [1.807, 2.05) is 11.0 Å². The second-order valence-electron chi connectivity index (χ2n) is 7.78. The highest BCUT2D eigenvalue weighted by Gasteiger charge is 2.40. The fraction of sp³-hybridized carbons (Fsp3) is 0.700. The van der Waals surface area contributed by atoms with Gasteiger partial charge in [0.15, 0.2) is 0 Å². The van der Waals surface area contributed by atoms with E-state index in [9.17, 15) is 9.59 Å². The van der Waals surface area contributed by atoms with E-state index >= 15 is 0 Å². The van der Waals surface area contributed by atoms with Crippen LogP contribution in [0.3, 0.4) is 0 Å². The van der Waals surface area contributed by atoms with Gasteiger partial charge in [0.05, 0.1) is 17.7 Å². The SMILES string of the molecule is O=C1NCCCCCCN(C(=O)c2ccoc2C2CC2)C2CCCC12. The van der Waals surface area contributed by atoms with Crippen LogP contribution in [0.1, 0.15) is 79.8 Å². The maximum atomic E-state index is 13.3. The van der Waals surface area contributed by atoms with Crippen molar-refractivity contribution in [1.29, 1.82) is 0 Å². The highest BCUT2D eigenvalue weighted by Crippen LogP contribution is 2.43. The Bertz CT molecular complexity index is 635. The molecule has 1 aromatic rings. The molecule has 0 bridgehead atoms. The van der Waals surface area contributed by atoms with Crippen molar-refractivity contribution in [3.8, 4) is 0 Å². The third kappa shape index (κ3) is 3.46. The summed E-state index contributed by atoms with van der Waals surface area (Å²) in [6.45, 7) is 1.52. The second-order valence-corrected chi connectivity index (χ2v) is 7.78. The number of amides is 2. The highest BCUT2D eigenvalue weighted by atomic mass is 16.3. The molecule has 2 atom stereocenters. The molecule has 0 spiro atoms. The third-order valence-electron chi connectivity index (χ3n) is 5.98. The van der Waals surface area contributed by atoms with Gasteiger partial charge < -0.3 is 14.6 Å². The van der Waals surface area contributed by atoms with E-state index in [0.717, 1.165) is 82.2 Å². The minimum absolute atomic E-state index is 0.0348. The molecule has 0 radical (unpaired) electrons. The molecule has 1 N–H and O–H groups in total. The van der Waals surface area contributed by atoms with Gasteiger partial charge in [-0.2, -0.15) is 0 Å². The molecule has 3 aliphatic rings. The number of nitrogens with one attached hydrogen (secondary N) is 1. The van der Waals surface area contributed by atoms with Crippen LogP contribution >= 0.6 is 0 Å². The van der Waals surface area contributed by atoms with Crippen LogP contribution in [0, 0.1) is 5.92 Å². The summed E-state index contributed by atoms with van der Waals surface area (Å²) in [7, 11) is 0. The molecule has 1 saturated heterocycles. The monoisotopic (exact) mass is 344 g/mol. The molecular weight excluding hydrogens is 316 g/mol. The predicted molar refractivity (Wildman–Crippen MR) is 94.3 cm³/mol. The van der Waals surface area contributed by atoms with Crippen LogP contribution < -0.4 is 5.32 Å². The van der Waals surface area contributed by atoms with Gasteiger partial charge in [-0.05, 0) is 44.6 Å². The summed E-state index contributed by atoms with van der Waals surface area (Å²) in [4.78, 5) is 27.9. The van der Waals surface area contributed by atoms with Crippen LogP contribution in [0.2, 0.25) is 0 Å². The summed E-state index contributed by atoms with van der Waals surface area (Å²) in [6, 6.07) is 1.86. The first-order valence-electron chi connectivity index (χ1n) is 9.92. The van der Waals surface area contributed by atoms with Crippen LogP contribution in [0.5, 0.6) is 0 Å². The molecule has 2 unspecified atom stereocenters. The number of fused-ring (bicyclic) bond motifs is 1. The van der Waals surface area contributed by atoms with Gasteiger partial charge in [-0.3, -0.25) is 9.59 Å². The summed E-state index contributed by atoms with van der Waals surface area (Å²) < 4.78 is 5.63. The lowest BCUT2D eigenvalue weighted by atomic mass is 9.99. The maximum absolute atomic E-state index is 13.3. The summed E-state index contributed by atoms with van der Waals surface area (Å²) in [6.07, 6.45) is 11.0. The normalized spacial score (nSPS) is 28.2. The molecule has 0 aromatic carbocycles. The molecule has 136 valence electrons. The highest BCUT2D eigenvalue weighted by molar-refractivity contribution is 5.96. The van der Waals surface area contributed by atoms with Crippen molar-refractivity contribution >= 4 is 11.8 Å². The van der Waals surface area contributed by atoms with Crippen LogP contribution in [0.4, 0.5) is 0 Å². The van der Waals surface area contributed by atoms with E-state index in [1.54, 1.807) is 6.26 Å². The first kappa shape index (κ1) is 16.7. The van der Waals surface area contributed by atoms with E-state index in [-0.39, 0.29) is 23.8 Å². The van der Waals surface area contributed by atoms with E-state index in [2.05, 4.69) is 5.32 Å². The largest absolute Gasteiger partial charge is 0.468 e. The Kier molecular flexibility index (Phi) is 4.82. The summed E-state index contributed by atoms with van der Waals surface area (Å²) in [5.41, 5.74) is 0.725. The number of carbonyl (C=O) groups is 2. The Morgan fingerprint density at radius 2 is 1.92 bits per heavy atom. The maximum Gasteiger partial charge on any atom is 0.257 e. The minimum atomic E-state index is -0.0571. The molecule has 4 rings (SSSR count). The van der Waals surface area contributed by atoms with Crippen LogP contribution in [-0.2, 0) is 4.79 Å². The molecule has 5 nitrogen and oxygen atoms in total. The molecule has 1 aromatic heterocycles. The van der Waals surface area contributed by atoms with Crippen molar-refractivity contribution in [3.63, 3.8) is 0 Å². The predicted octanol–water partition coefficient (Wildman–Crippen LogP) is 3.46. The average Bonchev–Trinajstić information content (AvgIpc) is 3.15. The zero-order valence-electron chi connectivity index (χ0n) is 14.8. The van der Waals surface area contributed by atoms with Crippen molar-refractivity contribution in [2.24, 2.45) is 5.92 Å². The average molecular weight is 344 g/mol.